The fourth-order valence-electron chi connectivity index (χ4n) is 2.50. The molecule has 0 amide bonds. The zero-order chi connectivity index (χ0) is 18.8. The zero-order valence-corrected chi connectivity index (χ0v) is 18.8. The first-order valence-electron chi connectivity index (χ1n) is 8.81. The summed E-state index contributed by atoms with van der Waals surface area (Å²) in [6.45, 7) is 5.14. The van der Waals surface area contributed by atoms with Gasteiger partial charge in [0, 0.05) is 51.4 Å². The highest BCUT2D eigenvalue weighted by Crippen LogP contribution is 2.15. The van der Waals surface area contributed by atoms with Crippen LogP contribution in [0.5, 0.6) is 5.88 Å². The summed E-state index contributed by atoms with van der Waals surface area (Å²) in [5, 5.41) is 3.34. The van der Waals surface area contributed by atoms with Gasteiger partial charge in [0.05, 0.1) is 19.7 Å². The molecule has 2 aromatic heterocycles. The Morgan fingerprint density at radius 3 is 2.78 bits per heavy atom. The Morgan fingerprint density at radius 1 is 1.30 bits per heavy atom. The third-order valence-electron chi connectivity index (χ3n) is 3.92. The van der Waals surface area contributed by atoms with Crippen LogP contribution in [0.3, 0.4) is 0 Å². The van der Waals surface area contributed by atoms with Crippen molar-refractivity contribution in [3.63, 3.8) is 0 Å². The number of ether oxygens (including phenoxy) is 2. The molecular formula is C19H30IN5O2. The van der Waals surface area contributed by atoms with E-state index in [4.69, 9.17) is 14.5 Å². The van der Waals surface area contributed by atoms with Gasteiger partial charge in [-0.1, -0.05) is 6.07 Å². The van der Waals surface area contributed by atoms with Crippen molar-refractivity contribution in [3.8, 4) is 5.88 Å². The third-order valence-corrected chi connectivity index (χ3v) is 3.92. The maximum Gasteiger partial charge on any atom is 0.218 e. The molecule has 150 valence electrons. The summed E-state index contributed by atoms with van der Waals surface area (Å²) in [6.07, 6.45) is 3.77. The first-order valence-corrected chi connectivity index (χ1v) is 8.81. The fraction of sp³-hybridized carbons (Fsp3) is 0.474. The van der Waals surface area contributed by atoms with Gasteiger partial charge in [0.25, 0.3) is 0 Å². The highest BCUT2D eigenvalue weighted by Gasteiger charge is 2.10. The Bertz CT molecular complexity index is 705. The predicted octanol–water partition coefficient (Wildman–Crippen LogP) is 2.66. The SMILES string of the molecule is CCNC(=NCc1cccnc1OCCOC)N(C)Cc1cccn1C.I. The molecule has 0 bridgehead atoms. The van der Waals surface area contributed by atoms with Crippen LogP contribution in [0.25, 0.3) is 0 Å². The van der Waals surface area contributed by atoms with E-state index in [0.717, 1.165) is 24.6 Å². The molecule has 0 aliphatic carbocycles. The second-order valence-corrected chi connectivity index (χ2v) is 5.95. The van der Waals surface area contributed by atoms with Gasteiger partial charge in [-0.3, -0.25) is 0 Å². The molecule has 0 unspecified atom stereocenters. The zero-order valence-electron chi connectivity index (χ0n) is 16.5. The summed E-state index contributed by atoms with van der Waals surface area (Å²) in [4.78, 5) is 11.2. The lowest BCUT2D eigenvalue weighted by molar-refractivity contribution is 0.143. The van der Waals surface area contributed by atoms with Crippen LogP contribution >= 0.6 is 24.0 Å². The topological polar surface area (TPSA) is 63.9 Å². The molecule has 0 aliphatic rings. The number of pyridine rings is 1. The first kappa shape index (κ1) is 23.2. The van der Waals surface area contributed by atoms with Gasteiger partial charge in [0.1, 0.15) is 6.61 Å². The number of nitrogens with one attached hydrogen (secondary N) is 1. The second-order valence-electron chi connectivity index (χ2n) is 5.95. The average molecular weight is 487 g/mol. The van der Waals surface area contributed by atoms with E-state index in [2.05, 4.69) is 32.8 Å². The number of rotatable bonds is 9. The van der Waals surface area contributed by atoms with Crippen molar-refractivity contribution in [1.82, 2.24) is 19.8 Å². The van der Waals surface area contributed by atoms with E-state index in [1.54, 1.807) is 13.3 Å². The van der Waals surface area contributed by atoms with E-state index in [9.17, 15) is 0 Å². The Kier molecular flexibility index (Phi) is 10.8. The lowest BCUT2D eigenvalue weighted by Gasteiger charge is -2.22. The quantitative estimate of drug-likeness (QED) is 0.255. The van der Waals surface area contributed by atoms with Crippen molar-refractivity contribution in [2.24, 2.45) is 12.0 Å². The number of nitrogens with zero attached hydrogens (tertiary/aromatic N) is 4. The monoisotopic (exact) mass is 487 g/mol. The Morgan fingerprint density at radius 2 is 2.11 bits per heavy atom. The molecule has 0 aliphatic heterocycles. The molecule has 0 spiro atoms. The Balaban J connectivity index is 0.00000364. The van der Waals surface area contributed by atoms with Crippen molar-refractivity contribution >= 4 is 29.9 Å². The molecule has 0 radical (unpaired) electrons. The average Bonchev–Trinajstić information content (AvgIpc) is 3.04. The maximum atomic E-state index is 5.69. The van der Waals surface area contributed by atoms with E-state index in [1.807, 2.05) is 38.5 Å². The molecule has 0 aromatic carbocycles. The summed E-state index contributed by atoms with van der Waals surface area (Å²) >= 11 is 0. The van der Waals surface area contributed by atoms with Gasteiger partial charge in [-0.25, -0.2) is 9.98 Å². The molecule has 27 heavy (non-hydrogen) atoms. The number of guanidine groups is 1. The van der Waals surface area contributed by atoms with Gasteiger partial charge in [0.15, 0.2) is 5.96 Å². The molecule has 0 fully saturated rings. The van der Waals surface area contributed by atoms with Crippen molar-refractivity contribution in [2.75, 3.05) is 33.9 Å². The van der Waals surface area contributed by atoms with E-state index in [0.29, 0.717) is 25.6 Å². The van der Waals surface area contributed by atoms with Crippen LogP contribution in [-0.4, -0.2) is 54.3 Å². The highest BCUT2D eigenvalue weighted by atomic mass is 127. The van der Waals surface area contributed by atoms with Crippen molar-refractivity contribution < 1.29 is 9.47 Å². The summed E-state index contributed by atoms with van der Waals surface area (Å²) in [6, 6.07) is 8.05. The van der Waals surface area contributed by atoms with Crippen molar-refractivity contribution in [2.45, 2.75) is 20.0 Å². The van der Waals surface area contributed by atoms with E-state index in [1.165, 1.54) is 5.69 Å². The normalized spacial score (nSPS) is 11.0. The Hall–Kier alpha value is -1.81. The maximum absolute atomic E-state index is 5.69. The van der Waals surface area contributed by atoms with E-state index < -0.39 is 0 Å². The molecule has 0 saturated heterocycles. The summed E-state index contributed by atoms with van der Waals surface area (Å²) in [5.74, 6) is 1.45. The number of aryl methyl sites for hydroxylation is 1. The van der Waals surface area contributed by atoms with Crippen molar-refractivity contribution in [1.29, 1.82) is 0 Å². The van der Waals surface area contributed by atoms with E-state index in [-0.39, 0.29) is 24.0 Å². The molecule has 7 nitrogen and oxygen atoms in total. The molecule has 2 aromatic rings. The molecule has 8 heteroatoms. The summed E-state index contributed by atoms with van der Waals surface area (Å²) < 4.78 is 12.8. The van der Waals surface area contributed by atoms with Crippen LogP contribution < -0.4 is 10.1 Å². The minimum Gasteiger partial charge on any atom is -0.475 e. The van der Waals surface area contributed by atoms with Crippen LogP contribution in [0, 0.1) is 0 Å². The van der Waals surface area contributed by atoms with Gasteiger partial charge in [-0.05, 0) is 25.1 Å². The van der Waals surface area contributed by atoms with E-state index >= 15 is 0 Å². The van der Waals surface area contributed by atoms with Crippen LogP contribution in [0.15, 0.2) is 41.7 Å². The minimum absolute atomic E-state index is 0. The molecular weight excluding hydrogens is 457 g/mol. The number of aromatic nitrogens is 2. The van der Waals surface area contributed by atoms with Gasteiger partial charge in [-0.15, -0.1) is 24.0 Å². The smallest absolute Gasteiger partial charge is 0.218 e. The molecule has 2 heterocycles. The van der Waals surface area contributed by atoms with Crippen LogP contribution in [-0.2, 0) is 24.9 Å². The Labute approximate surface area is 178 Å². The van der Waals surface area contributed by atoms with Crippen LogP contribution in [0.1, 0.15) is 18.2 Å². The molecule has 0 atom stereocenters. The number of aliphatic imine (C=N–C) groups is 1. The minimum atomic E-state index is 0. The second kappa shape index (κ2) is 12.6. The van der Waals surface area contributed by atoms with Gasteiger partial charge in [0.2, 0.25) is 5.88 Å². The first-order chi connectivity index (χ1) is 12.7. The number of halogens is 1. The molecule has 2 rings (SSSR count). The van der Waals surface area contributed by atoms with Gasteiger partial charge in [-0.2, -0.15) is 0 Å². The summed E-state index contributed by atoms with van der Waals surface area (Å²) in [5.41, 5.74) is 2.18. The third kappa shape index (κ3) is 7.37. The lowest BCUT2D eigenvalue weighted by Crippen LogP contribution is -2.38. The van der Waals surface area contributed by atoms with Crippen LogP contribution in [0.2, 0.25) is 0 Å². The predicted molar refractivity (Wildman–Crippen MR) is 119 cm³/mol. The van der Waals surface area contributed by atoms with Crippen LogP contribution in [0.4, 0.5) is 0 Å². The summed E-state index contributed by atoms with van der Waals surface area (Å²) in [7, 11) is 5.73. The highest BCUT2D eigenvalue weighted by molar-refractivity contribution is 14.0. The lowest BCUT2D eigenvalue weighted by atomic mass is 10.3. The molecule has 1 N–H and O–H groups in total. The van der Waals surface area contributed by atoms with Gasteiger partial charge >= 0.3 is 0 Å². The standard InChI is InChI=1S/C19H29N5O2.HI/c1-5-20-19(24(3)15-17-9-7-11-23(17)2)22-14-16-8-6-10-21-18(16)26-13-12-25-4;/h6-11H,5,12-15H2,1-4H3,(H,20,22);1H. The fourth-order valence-corrected chi connectivity index (χ4v) is 2.50. The largest absolute Gasteiger partial charge is 0.475 e. The number of hydrogen-bond donors (Lipinski definition) is 1. The number of methoxy groups -OCH3 is 1. The number of hydrogen-bond acceptors (Lipinski definition) is 4. The van der Waals surface area contributed by atoms with Crippen molar-refractivity contribution in [3.05, 3.63) is 47.9 Å². The molecule has 0 saturated carbocycles. The van der Waals surface area contributed by atoms with Gasteiger partial charge < -0.3 is 24.3 Å².